The molecule has 1 N–H and O–H groups in total. The maximum atomic E-state index is 12.0. The van der Waals surface area contributed by atoms with E-state index in [1.807, 2.05) is 0 Å². The van der Waals surface area contributed by atoms with Crippen molar-refractivity contribution in [2.75, 3.05) is 46.5 Å². The summed E-state index contributed by atoms with van der Waals surface area (Å²) in [6, 6.07) is 4.68. The second-order valence-electron chi connectivity index (χ2n) is 4.61. The minimum Gasteiger partial charge on any atom is -0.464 e. The maximum Gasteiger partial charge on any atom is 0.356 e. The van der Waals surface area contributed by atoms with Crippen LogP contribution in [0.15, 0.2) is 18.2 Å². The molecule has 1 amide bonds. The first-order valence-electron chi connectivity index (χ1n) is 6.84. The van der Waals surface area contributed by atoms with Crippen LogP contribution in [0.5, 0.6) is 0 Å². The fourth-order valence-corrected chi connectivity index (χ4v) is 2.02. The number of nitrogens with one attached hydrogen (secondary N) is 1. The number of carbonyl (C=O) groups is 2. The average Bonchev–Trinajstić information content (AvgIpc) is 2.55. The lowest BCUT2D eigenvalue weighted by atomic mass is 10.3. The van der Waals surface area contributed by atoms with E-state index in [0.29, 0.717) is 6.54 Å². The summed E-state index contributed by atoms with van der Waals surface area (Å²) in [7, 11) is 1.28. The van der Waals surface area contributed by atoms with Gasteiger partial charge in [-0.1, -0.05) is 6.07 Å². The molecule has 7 nitrogen and oxygen atoms in total. The molecule has 0 radical (unpaired) electrons. The fourth-order valence-electron chi connectivity index (χ4n) is 2.02. The first-order valence-corrected chi connectivity index (χ1v) is 6.84. The number of morpholine rings is 1. The zero-order valence-corrected chi connectivity index (χ0v) is 12.0. The first kappa shape index (κ1) is 15.4. The maximum absolute atomic E-state index is 12.0. The van der Waals surface area contributed by atoms with Crippen LogP contribution >= 0.6 is 0 Å². The molecule has 0 aliphatic carbocycles. The van der Waals surface area contributed by atoms with Crippen LogP contribution in [0.4, 0.5) is 0 Å². The fraction of sp³-hybridized carbons (Fsp3) is 0.500. The van der Waals surface area contributed by atoms with E-state index in [-0.39, 0.29) is 17.3 Å². The molecule has 1 aliphatic heterocycles. The van der Waals surface area contributed by atoms with Crippen molar-refractivity contribution in [1.82, 2.24) is 15.2 Å². The van der Waals surface area contributed by atoms with Gasteiger partial charge in [0, 0.05) is 26.2 Å². The van der Waals surface area contributed by atoms with E-state index < -0.39 is 5.97 Å². The number of carbonyl (C=O) groups excluding carboxylic acids is 2. The van der Waals surface area contributed by atoms with E-state index in [9.17, 15) is 9.59 Å². The Kier molecular flexibility index (Phi) is 5.65. The van der Waals surface area contributed by atoms with Gasteiger partial charge in [0.1, 0.15) is 11.4 Å². The Hall–Kier alpha value is -1.99. The molecule has 21 heavy (non-hydrogen) atoms. The van der Waals surface area contributed by atoms with Crippen LogP contribution in [0.2, 0.25) is 0 Å². The zero-order chi connectivity index (χ0) is 15.1. The van der Waals surface area contributed by atoms with E-state index in [4.69, 9.17) is 4.74 Å². The Morgan fingerprint density at radius 1 is 1.33 bits per heavy atom. The molecule has 0 aromatic carbocycles. The molecule has 0 atom stereocenters. The minimum absolute atomic E-state index is 0.123. The van der Waals surface area contributed by atoms with Gasteiger partial charge in [-0.05, 0) is 12.1 Å². The Labute approximate surface area is 123 Å². The van der Waals surface area contributed by atoms with Gasteiger partial charge in [0.2, 0.25) is 0 Å². The van der Waals surface area contributed by atoms with Crippen LogP contribution in [-0.2, 0) is 9.47 Å². The highest BCUT2D eigenvalue weighted by Gasteiger charge is 2.13. The highest BCUT2D eigenvalue weighted by Crippen LogP contribution is 2.01. The van der Waals surface area contributed by atoms with Gasteiger partial charge >= 0.3 is 5.97 Å². The second kappa shape index (κ2) is 7.70. The molecule has 2 heterocycles. The van der Waals surface area contributed by atoms with Gasteiger partial charge in [0.05, 0.1) is 20.3 Å². The molecule has 0 bridgehead atoms. The summed E-state index contributed by atoms with van der Waals surface area (Å²) in [5.74, 6) is -0.855. The van der Waals surface area contributed by atoms with Gasteiger partial charge in [-0.15, -0.1) is 0 Å². The molecule has 0 unspecified atom stereocenters. The standard InChI is InChI=1S/C14H19N3O4/c1-20-14(19)12-4-2-3-11(16-12)13(18)15-5-6-17-7-9-21-10-8-17/h2-4H,5-10H2,1H3,(H,15,18). The number of nitrogens with zero attached hydrogens (tertiary/aromatic N) is 2. The van der Waals surface area contributed by atoms with Crippen LogP contribution < -0.4 is 5.32 Å². The summed E-state index contributed by atoms with van der Waals surface area (Å²) >= 11 is 0. The number of esters is 1. The number of methoxy groups -OCH3 is 1. The quantitative estimate of drug-likeness (QED) is 0.766. The Bertz CT molecular complexity index is 501. The van der Waals surface area contributed by atoms with Crippen molar-refractivity contribution in [2.45, 2.75) is 0 Å². The van der Waals surface area contributed by atoms with Crippen molar-refractivity contribution in [3.05, 3.63) is 29.6 Å². The predicted octanol–water partition coefficient (Wildman–Crippen LogP) is -0.0698. The lowest BCUT2D eigenvalue weighted by Gasteiger charge is -2.26. The predicted molar refractivity (Wildman–Crippen MR) is 75.2 cm³/mol. The summed E-state index contributed by atoms with van der Waals surface area (Å²) in [6.07, 6.45) is 0. The molecule has 0 spiro atoms. The summed E-state index contributed by atoms with van der Waals surface area (Å²) in [5.41, 5.74) is 0.332. The topological polar surface area (TPSA) is 80.8 Å². The minimum atomic E-state index is -0.557. The highest BCUT2D eigenvalue weighted by molar-refractivity contribution is 5.94. The molecule has 7 heteroatoms. The molecule has 1 aromatic rings. The Balaban J connectivity index is 1.83. The summed E-state index contributed by atoms with van der Waals surface area (Å²) in [6.45, 7) is 4.53. The lowest BCUT2D eigenvalue weighted by molar-refractivity contribution is 0.0383. The van der Waals surface area contributed by atoms with Gasteiger partial charge in [-0.2, -0.15) is 0 Å². The molecule has 0 saturated carbocycles. The van der Waals surface area contributed by atoms with Gasteiger partial charge < -0.3 is 14.8 Å². The van der Waals surface area contributed by atoms with Crippen molar-refractivity contribution in [3.8, 4) is 0 Å². The molecule has 1 fully saturated rings. The van der Waals surface area contributed by atoms with E-state index in [0.717, 1.165) is 32.8 Å². The number of hydrogen-bond donors (Lipinski definition) is 1. The molecule has 2 rings (SSSR count). The van der Waals surface area contributed by atoms with Crippen molar-refractivity contribution >= 4 is 11.9 Å². The third-order valence-electron chi connectivity index (χ3n) is 3.19. The van der Waals surface area contributed by atoms with Crippen molar-refractivity contribution in [1.29, 1.82) is 0 Å². The highest BCUT2D eigenvalue weighted by atomic mass is 16.5. The number of amides is 1. The summed E-state index contributed by atoms with van der Waals surface area (Å²) in [4.78, 5) is 29.6. The Morgan fingerprint density at radius 3 is 2.76 bits per heavy atom. The first-order chi connectivity index (χ1) is 10.2. The van der Waals surface area contributed by atoms with E-state index in [1.54, 1.807) is 12.1 Å². The average molecular weight is 293 g/mol. The third kappa shape index (κ3) is 4.51. The van der Waals surface area contributed by atoms with Gasteiger partial charge in [-0.3, -0.25) is 9.69 Å². The molecular formula is C14H19N3O4. The number of ether oxygens (including phenoxy) is 2. The SMILES string of the molecule is COC(=O)c1cccc(C(=O)NCCN2CCOCC2)n1. The molecule has 114 valence electrons. The van der Waals surface area contributed by atoms with Crippen LogP contribution in [-0.4, -0.2) is 68.3 Å². The second-order valence-corrected chi connectivity index (χ2v) is 4.61. The lowest BCUT2D eigenvalue weighted by Crippen LogP contribution is -2.41. The van der Waals surface area contributed by atoms with Crippen LogP contribution in [0.1, 0.15) is 21.0 Å². The number of rotatable bonds is 5. The number of pyridine rings is 1. The zero-order valence-electron chi connectivity index (χ0n) is 12.0. The molecule has 1 saturated heterocycles. The van der Waals surface area contributed by atoms with E-state index in [1.165, 1.54) is 13.2 Å². The number of aromatic nitrogens is 1. The van der Waals surface area contributed by atoms with Gasteiger partial charge in [0.15, 0.2) is 0 Å². The van der Waals surface area contributed by atoms with Gasteiger partial charge in [0.25, 0.3) is 5.91 Å². The summed E-state index contributed by atoms with van der Waals surface area (Å²) in [5, 5.41) is 2.79. The van der Waals surface area contributed by atoms with Crippen LogP contribution in [0, 0.1) is 0 Å². The van der Waals surface area contributed by atoms with Crippen LogP contribution in [0.3, 0.4) is 0 Å². The smallest absolute Gasteiger partial charge is 0.356 e. The van der Waals surface area contributed by atoms with E-state index in [2.05, 4.69) is 19.9 Å². The Morgan fingerprint density at radius 2 is 2.05 bits per heavy atom. The van der Waals surface area contributed by atoms with Crippen LogP contribution in [0.25, 0.3) is 0 Å². The third-order valence-corrected chi connectivity index (χ3v) is 3.19. The van der Waals surface area contributed by atoms with Crippen molar-refractivity contribution in [2.24, 2.45) is 0 Å². The number of hydrogen-bond acceptors (Lipinski definition) is 6. The largest absolute Gasteiger partial charge is 0.464 e. The molecule has 1 aliphatic rings. The molecule has 1 aromatic heterocycles. The normalized spacial score (nSPS) is 15.5. The monoisotopic (exact) mass is 293 g/mol. The van der Waals surface area contributed by atoms with Crippen molar-refractivity contribution in [3.63, 3.8) is 0 Å². The molecular weight excluding hydrogens is 274 g/mol. The van der Waals surface area contributed by atoms with Crippen molar-refractivity contribution < 1.29 is 19.1 Å². The summed E-state index contributed by atoms with van der Waals surface area (Å²) < 4.78 is 9.84. The van der Waals surface area contributed by atoms with E-state index >= 15 is 0 Å². The van der Waals surface area contributed by atoms with Gasteiger partial charge in [-0.25, -0.2) is 9.78 Å².